The van der Waals surface area contributed by atoms with Gasteiger partial charge in [0.1, 0.15) is 0 Å². The number of nitrogens with zero attached hydrogens (tertiary/aromatic N) is 1. The fraction of sp³-hybridized carbons (Fsp3) is 0.350. The van der Waals surface area contributed by atoms with E-state index in [9.17, 15) is 13.2 Å². The lowest BCUT2D eigenvalue weighted by Crippen LogP contribution is -2.41. The Kier molecular flexibility index (Phi) is 5.74. The summed E-state index contributed by atoms with van der Waals surface area (Å²) in [6.07, 6.45) is 1.09. The third-order valence-corrected chi connectivity index (χ3v) is 6.66. The molecule has 2 aromatic carbocycles. The highest BCUT2D eigenvalue weighted by Gasteiger charge is 2.31. The Morgan fingerprint density at radius 3 is 2.31 bits per heavy atom. The zero-order valence-corrected chi connectivity index (χ0v) is 15.7. The predicted octanol–water partition coefficient (Wildman–Crippen LogP) is 3.18. The van der Waals surface area contributed by atoms with Gasteiger partial charge in [-0.3, -0.25) is 4.79 Å². The maximum atomic E-state index is 12.6. The minimum absolute atomic E-state index is 0.00785. The number of carbonyl (C=O) groups excluding carboxylic acids is 1. The van der Waals surface area contributed by atoms with Crippen LogP contribution in [0, 0.1) is 12.8 Å². The maximum absolute atomic E-state index is 12.6. The first-order chi connectivity index (χ1) is 12.5. The fourth-order valence-electron chi connectivity index (χ4n) is 3.22. The Morgan fingerprint density at radius 2 is 1.65 bits per heavy atom. The van der Waals surface area contributed by atoms with Gasteiger partial charge in [-0.05, 0) is 37.0 Å². The molecule has 1 aliphatic rings. The van der Waals surface area contributed by atoms with Gasteiger partial charge in [-0.15, -0.1) is 0 Å². The lowest BCUT2D eigenvalue weighted by Gasteiger charge is -2.30. The monoisotopic (exact) mass is 372 g/mol. The van der Waals surface area contributed by atoms with Crippen molar-refractivity contribution < 1.29 is 13.2 Å². The largest absolute Gasteiger partial charge is 0.326 e. The van der Waals surface area contributed by atoms with E-state index in [0.717, 1.165) is 16.8 Å². The van der Waals surface area contributed by atoms with Gasteiger partial charge in [-0.2, -0.15) is 0 Å². The Labute approximate surface area is 155 Å². The number of hydrogen-bond acceptors (Lipinski definition) is 3. The van der Waals surface area contributed by atoms with Gasteiger partial charge in [0.15, 0.2) is 0 Å². The average Bonchev–Trinajstić information content (AvgIpc) is 2.64. The van der Waals surface area contributed by atoms with E-state index in [1.165, 1.54) is 4.31 Å². The molecule has 1 fully saturated rings. The van der Waals surface area contributed by atoms with Crippen molar-refractivity contribution >= 4 is 21.6 Å². The normalized spacial score (nSPS) is 16.3. The maximum Gasteiger partial charge on any atom is 0.227 e. The number of sulfonamides is 1. The second-order valence-electron chi connectivity index (χ2n) is 6.72. The van der Waals surface area contributed by atoms with E-state index >= 15 is 0 Å². The summed E-state index contributed by atoms with van der Waals surface area (Å²) >= 11 is 0. The van der Waals surface area contributed by atoms with Gasteiger partial charge in [0.2, 0.25) is 15.9 Å². The van der Waals surface area contributed by atoms with Crippen molar-refractivity contribution in [1.82, 2.24) is 4.31 Å². The van der Waals surface area contributed by atoms with Crippen molar-refractivity contribution in [3.05, 3.63) is 65.7 Å². The van der Waals surface area contributed by atoms with Crippen molar-refractivity contribution in [3.8, 4) is 0 Å². The second-order valence-corrected chi connectivity index (χ2v) is 8.69. The number of benzene rings is 2. The number of aryl methyl sites for hydroxylation is 1. The van der Waals surface area contributed by atoms with Crippen LogP contribution in [0.1, 0.15) is 24.0 Å². The van der Waals surface area contributed by atoms with E-state index in [2.05, 4.69) is 5.32 Å². The summed E-state index contributed by atoms with van der Waals surface area (Å²) < 4.78 is 26.7. The first kappa shape index (κ1) is 18.6. The third kappa shape index (κ3) is 4.51. The summed E-state index contributed by atoms with van der Waals surface area (Å²) in [5.74, 6) is -0.175. The van der Waals surface area contributed by atoms with Crippen LogP contribution in [0.3, 0.4) is 0 Å². The molecule has 1 heterocycles. The Balaban J connectivity index is 1.57. The van der Waals surface area contributed by atoms with Gasteiger partial charge >= 0.3 is 0 Å². The summed E-state index contributed by atoms with van der Waals surface area (Å²) in [7, 11) is -3.35. The van der Waals surface area contributed by atoms with E-state index in [4.69, 9.17) is 0 Å². The van der Waals surface area contributed by atoms with Crippen LogP contribution in [-0.4, -0.2) is 31.7 Å². The Morgan fingerprint density at radius 1 is 1.04 bits per heavy atom. The number of piperidine rings is 1. The summed E-state index contributed by atoms with van der Waals surface area (Å²) in [4.78, 5) is 12.5. The molecule has 138 valence electrons. The van der Waals surface area contributed by atoms with Crippen LogP contribution in [-0.2, 0) is 20.6 Å². The first-order valence-corrected chi connectivity index (χ1v) is 10.4. The molecule has 5 nitrogen and oxygen atoms in total. The van der Waals surface area contributed by atoms with Crippen LogP contribution in [0.25, 0.3) is 0 Å². The highest BCUT2D eigenvalue weighted by molar-refractivity contribution is 7.88. The van der Waals surface area contributed by atoms with Crippen molar-refractivity contribution in [1.29, 1.82) is 0 Å². The van der Waals surface area contributed by atoms with E-state index in [1.807, 2.05) is 61.5 Å². The molecule has 26 heavy (non-hydrogen) atoms. The third-order valence-electron chi connectivity index (χ3n) is 4.81. The molecule has 0 atom stereocenters. The molecule has 1 N–H and O–H groups in total. The fourth-order valence-corrected chi connectivity index (χ4v) is 4.78. The number of para-hydroxylation sites is 1. The van der Waals surface area contributed by atoms with E-state index in [0.29, 0.717) is 25.9 Å². The van der Waals surface area contributed by atoms with Gasteiger partial charge in [0, 0.05) is 24.7 Å². The van der Waals surface area contributed by atoms with Crippen LogP contribution >= 0.6 is 0 Å². The molecule has 0 unspecified atom stereocenters. The molecule has 1 saturated heterocycles. The predicted molar refractivity (Wildman–Crippen MR) is 103 cm³/mol. The van der Waals surface area contributed by atoms with E-state index in [-0.39, 0.29) is 17.6 Å². The van der Waals surface area contributed by atoms with Crippen molar-refractivity contribution in [2.24, 2.45) is 5.92 Å². The molecule has 0 spiro atoms. The van der Waals surface area contributed by atoms with Crippen molar-refractivity contribution in [2.45, 2.75) is 25.5 Å². The average molecular weight is 372 g/mol. The molecular weight excluding hydrogens is 348 g/mol. The van der Waals surface area contributed by atoms with Crippen LogP contribution in [0.2, 0.25) is 0 Å². The topological polar surface area (TPSA) is 66.5 Å². The summed E-state index contributed by atoms with van der Waals surface area (Å²) in [5.41, 5.74) is 2.62. The quantitative estimate of drug-likeness (QED) is 0.877. The molecular formula is C20H24N2O3S. The number of carbonyl (C=O) groups is 1. The summed E-state index contributed by atoms with van der Waals surface area (Å²) in [6, 6.07) is 16.8. The molecule has 1 amide bonds. The zero-order valence-electron chi connectivity index (χ0n) is 14.9. The van der Waals surface area contributed by atoms with E-state index in [1.54, 1.807) is 0 Å². The smallest absolute Gasteiger partial charge is 0.227 e. The van der Waals surface area contributed by atoms with Crippen LogP contribution in [0.15, 0.2) is 54.6 Å². The standard InChI is InChI=1S/C20H24N2O3S/c1-16-7-5-6-10-19(16)21-20(23)18-11-13-22(14-12-18)26(24,25)15-17-8-3-2-4-9-17/h2-10,18H,11-15H2,1H3,(H,21,23). The SMILES string of the molecule is Cc1ccccc1NC(=O)C1CCN(S(=O)(=O)Cc2ccccc2)CC1. The Hall–Kier alpha value is -2.18. The number of hydrogen-bond donors (Lipinski definition) is 1. The summed E-state index contributed by atoms with van der Waals surface area (Å²) in [6.45, 7) is 2.73. The zero-order chi connectivity index (χ0) is 18.6. The first-order valence-electron chi connectivity index (χ1n) is 8.84. The van der Waals surface area contributed by atoms with Gasteiger partial charge in [-0.1, -0.05) is 48.5 Å². The molecule has 0 saturated carbocycles. The lowest BCUT2D eigenvalue weighted by molar-refractivity contribution is -0.120. The molecule has 0 aliphatic carbocycles. The van der Waals surface area contributed by atoms with E-state index < -0.39 is 10.0 Å². The molecule has 0 bridgehead atoms. The molecule has 3 rings (SSSR count). The van der Waals surface area contributed by atoms with Gasteiger partial charge in [-0.25, -0.2) is 12.7 Å². The minimum Gasteiger partial charge on any atom is -0.326 e. The van der Waals surface area contributed by atoms with Crippen LogP contribution in [0.4, 0.5) is 5.69 Å². The molecule has 0 radical (unpaired) electrons. The molecule has 2 aromatic rings. The second kappa shape index (κ2) is 8.01. The molecule has 6 heteroatoms. The number of anilines is 1. The highest BCUT2D eigenvalue weighted by Crippen LogP contribution is 2.24. The van der Waals surface area contributed by atoms with Crippen LogP contribution < -0.4 is 5.32 Å². The van der Waals surface area contributed by atoms with Crippen molar-refractivity contribution in [2.75, 3.05) is 18.4 Å². The Bertz CT molecular complexity index is 858. The highest BCUT2D eigenvalue weighted by atomic mass is 32.2. The van der Waals surface area contributed by atoms with Gasteiger partial charge in [0.05, 0.1) is 5.75 Å². The number of nitrogens with one attached hydrogen (secondary N) is 1. The minimum atomic E-state index is -3.35. The van der Waals surface area contributed by atoms with Gasteiger partial charge in [0.25, 0.3) is 0 Å². The van der Waals surface area contributed by atoms with Crippen molar-refractivity contribution in [3.63, 3.8) is 0 Å². The molecule has 1 aliphatic heterocycles. The lowest BCUT2D eigenvalue weighted by atomic mass is 9.97. The molecule has 0 aromatic heterocycles. The number of rotatable bonds is 5. The summed E-state index contributed by atoms with van der Waals surface area (Å²) in [5, 5.41) is 2.97. The number of amides is 1. The van der Waals surface area contributed by atoms with Crippen LogP contribution in [0.5, 0.6) is 0 Å². The van der Waals surface area contributed by atoms with Gasteiger partial charge < -0.3 is 5.32 Å².